The largest absolute Gasteiger partial charge is 0.309 e. The molecule has 0 bridgehead atoms. The molecule has 0 unspecified atom stereocenters. The molecule has 73 heavy (non-hydrogen) atoms. The summed E-state index contributed by atoms with van der Waals surface area (Å²) in [5.74, 6) is 1.51. The van der Waals surface area contributed by atoms with Gasteiger partial charge in [0.05, 0.1) is 45.0 Å². The average Bonchev–Trinajstić information content (AvgIpc) is 4.11. The minimum absolute atomic E-state index is 0.686. The third-order valence-corrected chi connectivity index (χ3v) is 14.8. The predicted molar refractivity (Wildman–Crippen MR) is 302 cm³/mol. The first-order valence-electron chi connectivity index (χ1n) is 24.8. The van der Waals surface area contributed by atoms with Crippen LogP contribution in [0.4, 0.5) is 0 Å². The van der Waals surface area contributed by atoms with Crippen LogP contribution < -0.4 is 0 Å². The highest BCUT2D eigenvalue weighted by atomic mass is 15.1. The number of hydrogen-bond acceptors (Lipinski definition) is 3. The fraction of sp³-hybridized carbons (Fsp3) is 0. The molecule has 15 aromatic rings. The lowest BCUT2D eigenvalue weighted by Crippen LogP contribution is -2.02. The van der Waals surface area contributed by atoms with Crippen molar-refractivity contribution in [1.82, 2.24) is 28.7 Å². The number of pyridine rings is 1. The Morgan fingerprint density at radius 3 is 1.55 bits per heavy atom. The molecule has 340 valence electrons. The number of rotatable bonds is 7. The van der Waals surface area contributed by atoms with E-state index < -0.39 is 0 Å². The van der Waals surface area contributed by atoms with Crippen molar-refractivity contribution in [3.63, 3.8) is 0 Å². The fourth-order valence-electron chi connectivity index (χ4n) is 11.5. The van der Waals surface area contributed by atoms with Crippen LogP contribution in [0.15, 0.2) is 255 Å². The Morgan fingerprint density at radius 2 is 0.808 bits per heavy atom. The van der Waals surface area contributed by atoms with E-state index in [9.17, 15) is 0 Å². The summed E-state index contributed by atoms with van der Waals surface area (Å²) in [7, 11) is 0. The molecule has 6 nitrogen and oxygen atoms in total. The van der Waals surface area contributed by atoms with Gasteiger partial charge in [0.15, 0.2) is 5.82 Å². The van der Waals surface area contributed by atoms with E-state index in [4.69, 9.17) is 9.97 Å². The summed E-state index contributed by atoms with van der Waals surface area (Å²) in [6, 6.07) is 87.1. The average molecular weight is 931 g/mol. The Kier molecular flexibility index (Phi) is 9.16. The molecule has 0 spiro atoms. The molecule has 0 N–H and O–H groups in total. The minimum Gasteiger partial charge on any atom is -0.309 e. The number of benzene rings is 10. The Balaban J connectivity index is 0.872. The molecule has 5 heterocycles. The van der Waals surface area contributed by atoms with Gasteiger partial charge in [-0.25, -0.2) is 9.97 Å². The van der Waals surface area contributed by atoms with Crippen molar-refractivity contribution >= 4 is 76.2 Å². The van der Waals surface area contributed by atoms with E-state index in [-0.39, 0.29) is 0 Å². The molecule has 6 heteroatoms. The highest BCUT2D eigenvalue weighted by Gasteiger charge is 2.21. The molecule has 0 aliphatic heterocycles. The summed E-state index contributed by atoms with van der Waals surface area (Å²) in [5.41, 5.74) is 16.6. The first kappa shape index (κ1) is 40.9. The summed E-state index contributed by atoms with van der Waals surface area (Å²) >= 11 is 0. The standard InChI is InChI=1S/C67H42N6/c1-4-16-43(17-5-1)59-41-66(70-67(69-59)44-18-6-2-7-19-44)73-61-29-13-10-22-53(61)55-33-30-46(39-64(55)73)50-25-15-26-51-49(24-14-27-52(50)51)45-31-34-62-57(38-45)54-23-11-12-28-60(54)72(62)48-32-35-63-58(40-48)56-36-37-68-42-65(56)71(63)47-20-8-3-9-21-47/h1-42H. The van der Waals surface area contributed by atoms with Crippen molar-refractivity contribution in [3.05, 3.63) is 255 Å². The first-order valence-corrected chi connectivity index (χ1v) is 24.8. The van der Waals surface area contributed by atoms with Gasteiger partial charge in [-0.1, -0.05) is 170 Å². The van der Waals surface area contributed by atoms with Gasteiger partial charge in [0, 0.05) is 67.1 Å². The summed E-state index contributed by atoms with van der Waals surface area (Å²) in [6.07, 6.45) is 3.87. The molecule has 0 aliphatic carbocycles. The molecular formula is C67H42N6. The molecule has 0 aliphatic rings. The van der Waals surface area contributed by atoms with E-state index in [0.717, 1.165) is 67.2 Å². The summed E-state index contributed by atoms with van der Waals surface area (Å²) < 4.78 is 7.05. The molecule has 15 rings (SSSR count). The Bertz CT molecular complexity index is 4600. The topological polar surface area (TPSA) is 53.5 Å². The van der Waals surface area contributed by atoms with Crippen molar-refractivity contribution in [2.24, 2.45) is 0 Å². The lowest BCUT2D eigenvalue weighted by molar-refractivity contribution is 1.05. The van der Waals surface area contributed by atoms with Crippen molar-refractivity contribution in [2.75, 3.05) is 0 Å². The summed E-state index contributed by atoms with van der Waals surface area (Å²) in [4.78, 5) is 15.0. The van der Waals surface area contributed by atoms with Gasteiger partial charge in [0.25, 0.3) is 0 Å². The molecule has 5 aromatic heterocycles. The maximum atomic E-state index is 5.31. The maximum Gasteiger partial charge on any atom is 0.162 e. The highest BCUT2D eigenvalue weighted by Crippen LogP contribution is 2.42. The number of hydrogen-bond donors (Lipinski definition) is 0. The van der Waals surface area contributed by atoms with E-state index in [1.807, 2.05) is 36.7 Å². The van der Waals surface area contributed by atoms with Gasteiger partial charge < -0.3 is 9.13 Å². The predicted octanol–water partition coefficient (Wildman–Crippen LogP) is 17.0. The third-order valence-electron chi connectivity index (χ3n) is 14.8. The number of nitrogens with zero attached hydrogens (tertiary/aromatic N) is 6. The second kappa shape index (κ2) is 16.3. The normalized spacial score (nSPS) is 11.8. The molecule has 0 saturated heterocycles. The van der Waals surface area contributed by atoms with Crippen molar-refractivity contribution in [3.8, 4) is 62.1 Å². The van der Waals surface area contributed by atoms with Crippen LogP contribution in [0.5, 0.6) is 0 Å². The SMILES string of the molecule is c1ccc(-c2cc(-n3c4ccccc4c4ccc(-c5cccc6c(-c7ccc8c(c7)c7ccccc7n8-c7ccc8c(c7)c7ccncc7n8-c7ccccc7)cccc56)cc43)nc(-c3ccccc3)n2)cc1. The number of aromatic nitrogens is 6. The van der Waals surface area contributed by atoms with Crippen LogP contribution in [0.25, 0.3) is 138 Å². The van der Waals surface area contributed by atoms with Crippen LogP contribution in [0.3, 0.4) is 0 Å². The van der Waals surface area contributed by atoms with Crippen molar-refractivity contribution in [1.29, 1.82) is 0 Å². The molecule has 0 fully saturated rings. The zero-order valence-electron chi connectivity index (χ0n) is 39.4. The van der Waals surface area contributed by atoms with E-state index in [1.165, 1.54) is 65.3 Å². The number of fused-ring (bicyclic) bond motifs is 10. The van der Waals surface area contributed by atoms with Crippen LogP contribution >= 0.6 is 0 Å². The van der Waals surface area contributed by atoms with Crippen LogP contribution in [-0.4, -0.2) is 28.7 Å². The van der Waals surface area contributed by atoms with Crippen LogP contribution in [0.1, 0.15) is 0 Å². The van der Waals surface area contributed by atoms with Gasteiger partial charge in [0.1, 0.15) is 5.82 Å². The molecule has 0 atom stereocenters. The lowest BCUT2D eigenvalue weighted by atomic mass is 9.92. The van der Waals surface area contributed by atoms with Gasteiger partial charge in [0.2, 0.25) is 0 Å². The zero-order valence-corrected chi connectivity index (χ0v) is 39.4. The highest BCUT2D eigenvalue weighted by molar-refractivity contribution is 6.15. The first-order chi connectivity index (χ1) is 36.2. The molecule has 0 radical (unpaired) electrons. The molecule has 0 amide bonds. The van der Waals surface area contributed by atoms with Crippen molar-refractivity contribution < 1.29 is 0 Å². The van der Waals surface area contributed by atoms with E-state index >= 15 is 0 Å². The Labute approximate surface area is 420 Å². The van der Waals surface area contributed by atoms with Gasteiger partial charge in [-0.2, -0.15) is 0 Å². The fourth-order valence-corrected chi connectivity index (χ4v) is 11.5. The smallest absolute Gasteiger partial charge is 0.162 e. The molecule has 0 saturated carbocycles. The third kappa shape index (κ3) is 6.47. The van der Waals surface area contributed by atoms with Crippen LogP contribution in [-0.2, 0) is 0 Å². The second-order valence-corrected chi connectivity index (χ2v) is 18.8. The maximum absolute atomic E-state index is 5.31. The van der Waals surface area contributed by atoms with E-state index in [1.54, 1.807) is 0 Å². The molecule has 10 aromatic carbocycles. The monoisotopic (exact) mass is 930 g/mol. The quantitative estimate of drug-likeness (QED) is 0.160. The van der Waals surface area contributed by atoms with Gasteiger partial charge >= 0.3 is 0 Å². The van der Waals surface area contributed by atoms with Crippen molar-refractivity contribution in [2.45, 2.75) is 0 Å². The number of para-hydroxylation sites is 3. The lowest BCUT2D eigenvalue weighted by Gasteiger charge is -2.14. The van der Waals surface area contributed by atoms with Crippen LogP contribution in [0, 0.1) is 0 Å². The van der Waals surface area contributed by atoms with Gasteiger partial charge in [-0.15, -0.1) is 0 Å². The van der Waals surface area contributed by atoms with E-state index in [2.05, 4.69) is 237 Å². The Hall–Kier alpha value is -9.91. The molecular weight excluding hydrogens is 889 g/mol. The Morgan fingerprint density at radius 1 is 0.274 bits per heavy atom. The summed E-state index contributed by atoms with van der Waals surface area (Å²) in [6.45, 7) is 0. The minimum atomic E-state index is 0.686. The van der Waals surface area contributed by atoms with E-state index in [0.29, 0.717) is 5.82 Å². The van der Waals surface area contributed by atoms with Crippen LogP contribution in [0.2, 0.25) is 0 Å². The second-order valence-electron chi connectivity index (χ2n) is 18.8. The summed E-state index contributed by atoms with van der Waals surface area (Å²) in [5, 5.41) is 9.55. The van der Waals surface area contributed by atoms with Gasteiger partial charge in [-0.3, -0.25) is 9.55 Å². The zero-order chi connectivity index (χ0) is 48.0. The van der Waals surface area contributed by atoms with Gasteiger partial charge in [-0.05, 0) is 99.8 Å².